The third-order valence-electron chi connectivity index (χ3n) is 4.16. The van der Waals surface area contributed by atoms with E-state index in [9.17, 15) is 47.8 Å². The number of carbonyl (C=O) groups is 4. The summed E-state index contributed by atoms with van der Waals surface area (Å²) < 4.78 is 26.4. The Labute approximate surface area is 216 Å². The second-order valence-electron chi connectivity index (χ2n) is 6.64. The lowest BCUT2D eigenvalue weighted by Gasteiger charge is -2.10. The van der Waals surface area contributed by atoms with E-state index in [4.69, 9.17) is 23.2 Å². The van der Waals surface area contributed by atoms with Gasteiger partial charge in [-0.1, -0.05) is 0 Å². The number of nitrogens with zero attached hydrogens (tertiary/aromatic N) is 2. The Morgan fingerprint density at radius 1 is 0.703 bits per heavy atom. The Hall–Kier alpha value is -4.47. The molecular weight excluding hydrogens is 559 g/mol. The molecule has 2 amide bonds. The fourth-order valence-corrected chi connectivity index (χ4v) is 4.37. The minimum Gasteiger partial charge on any atom is -0.322 e. The first-order valence-electron chi connectivity index (χ1n) is 9.41. The molecule has 0 heterocycles. The number of nitro benzene ring substituents is 2. The molecule has 0 aliphatic heterocycles. The summed E-state index contributed by atoms with van der Waals surface area (Å²) in [6.07, 6.45) is 2.89. The largest absolute Gasteiger partial charge is 0.322 e. The third-order valence-corrected chi connectivity index (χ3v) is 6.26. The highest BCUT2D eigenvalue weighted by Crippen LogP contribution is 2.36. The van der Waals surface area contributed by atoms with Gasteiger partial charge in [-0.15, -0.1) is 0 Å². The fraction of sp³-hybridized carbons (Fsp3) is 0. The molecule has 37 heavy (non-hydrogen) atoms. The van der Waals surface area contributed by atoms with E-state index >= 15 is 0 Å². The maximum absolute atomic E-state index is 13.2. The molecule has 0 bridgehead atoms. The quantitative estimate of drug-likeness (QED) is 0.184. The van der Waals surface area contributed by atoms with Crippen LogP contribution < -0.4 is 10.6 Å². The van der Waals surface area contributed by atoms with Gasteiger partial charge in [0, 0.05) is 47.8 Å². The van der Waals surface area contributed by atoms with Gasteiger partial charge in [0.05, 0.1) is 9.85 Å². The van der Waals surface area contributed by atoms with E-state index in [0.29, 0.717) is 24.3 Å². The highest BCUT2D eigenvalue weighted by molar-refractivity contribution is 7.91. The number of amides is 2. The molecule has 192 valence electrons. The summed E-state index contributed by atoms with van der Waals surface area (Å²) >= 11 is 10.1. The minimum absolute atomic E-state index is 0.224. The van der Waals surface area contributed by atoms with Gasteiger partial charge in [0.1, 0.15) is 9.79 Å². The molecular formula is C20H12Cl2N4O10S. The molecule has 0 atom stereocenters. The van der Waals surface area contributed by atoms with Crippen molar-refractivity contribution in [3.05, 3.63) is 80.9 Å². The number of anilines is 2. The SMILES string of the molecule is O=C(Cl)/C=C\C(=O)Nc1ccc(S(=O)(=O)c2ccc(NC(=O)/C=C/C(=O)Cl)cc2[N+](=O)[O-])c([N+](=O)[O-])c1. The number of rotatable bonds is 10. The molecule has 0 aliphatic rings. The van der Waals surface area contributed by atoms with E-state index in [1.165, 1.54) is 0 Å². The summed E-state index contributed by atoms with van der Waals surface area (Å²) in [6, 6.07) is 4.88. The van der Waals surface area contributed by atoms with Crippen LogP contribution >= 0.6 is 23.2 Å². The minimum atomic E-state index is -4.88. The molecule has 0 saturated heterocycles. The van der Waals surface area contributed by atoms with E-state index < -0.39 is 63.1 Å². The number of hydrogen-bond acceptors (Lipinski definition) is 10. The highest BCUT2D eigenvalue weighted by atomic mass is 35.5. The van der Waals surface area contributed by atoms with Crippen molar-refractivity contribution in [3.8, 4) is 0 Å². The lowest BCUT2D eigenvalue weighted by molar-refractivity contribution is -0.388. The van der Waals surface area contributed by atoms with Crippen LogP contribution in [0.4, 0.5) is 22.7 Å². The standard InChI is InChI=1S/C20H12Cl2N4O10S/c21-17(27)5-7-19(29)23-11-1-3-15(13(9-11)25(31)32)37(35,36)16-4-2-12(10-14(16)26(33)34)24-20(30)8-6-18(22)28/h1-10H,(H,23,29)(H,24,30)/b7-5-,8-6+. The number of halogens is 2. The average Bonchev–Trinajstić information content (AvgIpc) is 2.81. The molecule has 2 aromatic carbocycles. The van der Waals surface area contributed by atoms with Crippen LogP contribution in [0.3, 0.4) is 0 Å². The maximum atomic E-state index is 13.2. The number of nitrogens with one attached hydrogen (secondary N) is 2. The van der Waals surface area contributed by atoms with Gasteiger partial charge >= 0.3 is 0 Å². The molecule has 0 radical (unpaired) electrons. The maximum Gasteiger partial charge on any atom is 0.290 e. The predicted octanol–water partition coefficient (Wildman–Crippen LogP) is 2.86. The summed E-state index contributed by atoms with van der Waals surface area (Å²) in [5.41, 5.74) is -2.48. The molecule has 0 unspecified atom stereocenters. The van der Waals surface area contributed by atoms with Crippen molar-refractivity contribution in [2.24, 2.45) is 0 Å². The van der Waals surface area contributed by atoms with Crippen LogP contribution in [0.5, 0.6) is 0 Å². The van der Waals surface area contributed by atoms with Crippen LogP contribution in [0.1, 0.15) is 0 Å². The lowest BCUT2D eigenvalue weighted by Crippen LogP contribution is -2.12. The molecule has 2 rings (SSSR count). The monoisotopic (exact) mass is 570 g/mol. The number of sulfone groups is 1. The summed E-state index contributed by atoms with van der Waals surface area (Å²) in [5.74, 6) is -1.81. The van der Waals surface area contributed by atoms with Crippen molar-refractivity contribution >= 4 is 78.1 Å². The number of hydrogen-bond donors (Lipinski definition) is 2. The van der Waals surface area contributed by atoms with E-state index in [0.717, 1.165) is 36.4 Å². The Morgan fingerprint density at radius 3 is 1.35 bits per heavy atom. The Balaban J connectivity index is 2.52. The van der Waals surface area contributed by atoms with Crippen LogP contribution in [-0.4, -0.2) is 40.6 Å². The first-order valence-corrected chi connectivity index (χ1v) is 11.7. The zero-order valence-corrected chi connectivity index (χ0v) is 20.2. The molecule has 2 aromatic rings. The third kappa shape index (κ3) is 7.76. The van der Waals surface area contributed by atoms with Crippen molar-refractivity contribution < 1.29 is 37.4 Å². The van der Waals surface area contributed by atoms with Crippen LogP contribution in [-0.2, 0) is 29.0 Å². The molecule has 2 N–H and O–H groups in total. The van der Waals surface area contributed by atoms with Crippen molar-refractivity contribution in [2.45, 2.75) is 9.79 Å². The molecule has 14 nitrogen and oxygen atoms in total. The summed E-state index contributed by atoms with van der Waals surface area (Å²) in [7, 11) is -4.88. The second-order valence-corrected chi connectivity index (χ2v) is 9.27. The van der Waals surface area contributed by atoms with E-state index in [1.54, 1.807) is 0 Å². The Morgan fingerprint density at radius 2 is 1.05 bits per heavy atom. The van der Waals surface area contributed by atoms with Crippen LogP contribution in [0.25, 0.3) is 0 Å². The predicted molar refractivity (Wildman–Crippen MR) is 129 cm³/mol. The molecule has 0 aliphatic carbocycles. The van der Waals surface area contributed by atoms with E-state index in [2.05, 4.69) is 10.6 Å². The first kappa shape index (κ1) is 28.8. The summed E-state index contributed by atoms with van der Waals surface area (Å²) in [6.45, 7) is 0. The molecule has 0 fully saturated rings. The summed E-state index contributed by atoms with van der Waals surface area (Å²) in [5, 5.41) is 25.6. The zero-order valence-electron chi connectivity index (χ0n) is 17.9. The van der Waals surface area contributed by atoms with Crippen molar-refractivity contribution in [1.29, 1.82) is 0 Å². The molecule has 0 saturated carbocycles. The van der Waals surface area contributed by atoms with Gasteiger partial charge in [0.15, 0.2) is 0 Å². The number of nitro groups is 2. The van der Waals surface area contributed by atoms with Crippen molar-refractivity contribution in [2.75, 3.05) is 10.6 Å². The average molecular weight is 571 g/mol. The van der Waals surface area contributed by atoms with E-state index in [1.807, 2.05) is 0 Å². The zero-order chi connectivity index (χ0) is 27.9. The molecule has 0 aromatic heterocycles. The van der Waals surface area contributed by atoms with Crippen LogP contribution in [0.2, 0.25) is 0 Å². The van der Waals surface area contributed by atoms with Gasteiger partial charge in [-0.05, 0) is 47.5 Å². The number of carbonyl (C=O) groups excluding carboxylic acids is 4. The molecule has 17 heteroatoms. The van der Waals surface area contributed by atoms with Gasteiger partial charge in [-0.25, -0.2) is 8.42 Å². The Kier molecular flexibility index (Phi) is 9.31. The van der Waals surface area contributed by atoms with Gasteiger partial charge in [0.25, 0.3) is 11.4 Å². The second kappa shape index (κ2) is 12.0. The normalized spacial score (nSPS) is 11.3. The number of allylic oxidation sites excluding steroid dienone is 2. The van der Waals surface area contributed by atoms with Crippen molar-refractivity contribution in [3.63, 3.8) is 0 Å². The topological polar surface area (TPSA) is 213 Å². The fourth-order valence-electron chi connectivity index (χ4n) is 2.70. The van der Waals surface area contributed by atoms with Crippen molar-refractivity contribution in [1.82, 2.24) is 0 Å². The Bertz CT molecular complexity index is 1400. The van der Waals surface area contributed by atoms with Crippen LogP contribution in [0.15, 0.2) is 70.5 Å². The van der Waals surface area contributed by atoms with Gasteiger partial charge < -0.3 is 10.6 Å². The smallest absolute Gasteiger partial charge is 0.290 e. The van der Waals surface area contributed by atoms with Gasteiger partial charge in [-0.2, -0.15) is 0 Å². The molecule has 0 spiro atoms. The van der Waals surface area contributed by atoms with E-state index in [-0.39, 0.29) is 11.4 Å². The lowest BCUT2D eigenvalue weighted by atomic mass is 10.2. The summed E-state index contributed by atoms with van der Waals surface area (Å²) in [4.78, 5) is 64.1. The number of benzene rings is 2. The highest BCUT2D eigenvalue weighted by Gasteiger charge is 2.34. The van der Waals surface area contributed by atoms with Gasteiger partial charge in [-0.3, -0.25) is 39.4 Å². The van der Waals surface area contributed by atoms with Gasteiger partial charge in [0.2, 0.25) is 32.1 Å². The van der Waals surface area contributed by atoms with Crippen LogP contribution in [0, 0.1) is 20.2 Å². The first-order chi connectivity index (χ1) is 17.2.